The summed E-state index contributed by atoms with van der Waals surface area (Å²) in [5.41, 5.74) is 4.39. The maximum Gasteiger partial charge on any atom is 0.185 e. The molecule has 0 amide bonds. The fourth-order valence-corrected chi connectivity index (χ4v) is 5.86. The summed E-state index contributed by atoms with van der Waals surface area (Å²) in [6.07, 6.45) is 0. The van der Waals surface area contributed by atoms with E-state index in [1.165, 1.54) is 0 Å². The van der Waals surface area contributed by atoms with E-state index >= 15 is 0 Å². The van der Waals surface area contributed by atoms with Crippen LogP contribution in [-0.4, -0.2) is 0 Å². The van der Waals surface area contributed by atoms with Gasteiger partial charge in [-0.05, 0) is 33.8 Å². The first-order valence-corrected chi connectivity index (χ1v) is 10.1. The molecule has 0 saturated carbocycles. The Morgan fingerprint density at radius 1 is 0.913 bits per heavy atom. The molecule has 0 bridgehead atoms. The predicted molar refractivity (Wildman–Crippen MR) is 104 cm³/mol. The first kappa shape index (κ1) is 18.0. The molecule has 0 N–H and O–H groups in total. The first-order chi connectivity index (χ1) is 10.8. The van der Waals surface area contributed by atoms with Crippen molar-refractivity contribution in [1.82, 2.24) is 0 Å². The van der Waals surface area contributed by atoms with E-state index in [0.717, 1.165) is 16.2 Å². The molecule has 0 heterocycles. The molecule has 2 aromatic rings. The summed E-state index contributed by atoms with van der Waals surface area (Å²) in [4.78, 5) is 0. The minimum absolute atomic E-state index is 0.0166. The topological polar surface area (TPSA) is 17.1 Å². The SMILES string of the molecule is CC(=C=C(Br)P(=O)(c1ccccc1)c1ccccc1)C(C)(C)C. The van der Waals surface area contributed by atoms with Crippen molar-refractivity contribution in [3.05, 3.63) is 76.2 Å². The Labute approximate surface area is 147 Å². The van der Waals surface area contributed by atoms with Crippen LogP contribution in [0.4, 0.5) is 0 Å². The van der Waals surface area contributed by atoms with Crippen molar-refractivity contribution >= 4 is 33.7 Å². The van der Waals surface area contributed by atoms with Crippen LogP contribution in [0, 0.1) is 5.41 Å². The zero-order chi connectivity index (χ0) is 17.1. The Kier molecular flexibility index (Phi) is 5.53. The third kappa shape index (κ3) is 3.96. The Balaban J connectivity index is 2.76. The third-order valence-electron chi connectivity index (χ3n) is 3.93. The van der Waals surface area contributed by atoms with Crippen molar-refractivity contribution in [3.63, 3.8) is 0 Å². The van der Waals surface area contributed by atoms with E-state index in [1.54, 1.807) is 0 Å². The maximum atomic E-state index is 14.0. The monoisotopic (exact) mass is 388 g/mol. The highest BCUT2D eigenvalue weighted by Crippen LogP contribution is 2.54. The standard InChI is InChI=1S/C20H22BrOP/c1-16(20(2,3)4)15-19(21)23(22,17-11-7-5-8-12-17)18-13-9-6-10-14-18/h5-14H,1-4H3. The molecular formula is C20H22BrOP. The Bertz CT molecular complexity index is 736. The number of benzene rings is 2. The second-order valence-corrected chi connectivity index (χ2v) is 10.7. The average Bonchev–Trinajstić information content (AvgIpc) is 2.54. The summed E-state index contributed by atoms with van der Waals surface area (Å²) in [6, 6.07) is 19.2. The summed E-state index contributed by atoms with van der Waals surface area (Å²) in [5, 5.41) is 1.62. The van der Waals surface area contributed by atoms with Crippen LogP contribution < -0.4 is 10.6 Å². The summed E-state index contributed by atoms with van der Waals surface area (Å²) >= 11 is 3.59. The maximum absolute atomic E-state index is 14.0. The van der Waals surface area contributed by atoms with E-state index in [0.29, 0.717) is 4.22 Å². The molecule has 3 heteroatoms. The largest absolute Gasteiger partial charge is 0.307 e. The van der Waals surface area contributed by atoms with Crippen molar-refractivity contribution in [2.24, 2.45) is 5.41 Å². The van der Waals surface area contributed by atoms with Crippen LogP contribution in [0.3, 0.4) is 0 Å². The number of hydrogen-bond acceptors (Lipinski definition) is 1. The van der Waals surface area contributed by atoms with Gasteiger partial charge in [0, 0.05) is 10.6 Å². The van der Waals surface area contributed by atoms with E-state index in [-0.39, 0.29) is 5.41 Å². The lowest BCUT2D eigenvalue weighted by Gasteiger charge is -2.20. The van der Waals surface area contributed by atoms with E-state index in [1.807, 2.05) is 67.6 Å². The highest BCUT2D eigenvalue weighted by atomic mass is 79.9. The van der Waals surface area contributed by atoms with Gasteiger partial charge in [-0.3, -0.25) is 0 Å². The molecule has 2 aromatic carbocycles. The van der Waals surface area contributed by atoms with Gasteiger partial charge in [-0.15, -0.1) is 5.73 Å². The van der Waals surface area contributed by atoms with Crippen LogP contribution in [0.5, 0.6) is 0 Å². The van der Waals surface area contributed by atoms with Crippen molar-refractivity contribution in [2.45, 2.75) is 27.7 Å². The van der Waals surface area contributed by atoms with Crippen molar-refractivity contribution in [1.29, 1.82) is 0 Å². The van der Waals surface area contributed by atoms with E-state index in [9.17, 15) is 4.57 Å². The number of allylic oxidation sites excluding steroid dienone is 1. The van der Waals surface area contributed by atoms with Gasteiger partial charge in [0.15, 0.2) is 7.14 Å². The third-order valence-corrected chi connectivity index (χ3v) is 8.34. The van der Waals surface area contributed by atoms with Gasteiger partial charge in [-0.2, -0.15) is 0 Å². The van der Waals surface area contributed by atoms with E-state index in [2.05, 4.69) is 42.4 Å². The van der Waals surface area contributed by atoms with E-state index in [4.69, 9.17) is 0 Å². The summed E-state index contributed by atoms with van der Waals surface area (Å²) in [5.74, 6) is 0. The highest BCUT2D eigenvalue weighted by molar-refractivity contribution is 9.13. The quantitative estimate of drug-likeness (QED) is 0.477. The molecule has 0 aromatic heterocycles. The lowest BCUT2D eigenvalue weighted by Crippen LogP contribution is -2.15. The molecular weight excluding hydrogens is 367 g/mol. The van der Waals surface area contributed by atoms with Gasteiger partial charge < -0.3 is 4.57 Å². The minimum atomic E-state index is -2.94. The van der Waals surface area contributed by atoms with Gasteiger partial charge in [-0.25, -0.2) is 0 Å². The molecule has 0 radical (unpaired) electrons. The van der Waals surface area contributed by atoms with Gasteiger partial charge in [-0.1, -0.05) is 81.4 Å². The van der Waals surface area contributed by atoms with Crippen LogP contribution >= 0.6 is 23.1 Å². The van der Waals surface area contributed by atoms with Crippen LogP contribution in [-0.2, 0) is 4.57 Å². The van der Waals surface area contributed by atoms with Crippen LogP contribution in [0.15, 0.2) is 76.2 Å². The van der Waals surface area contributed by atoms with Gasteiger partial charge in [0.1, 0.15) is 4.22 Å². The van der Waals surface area contributed by atoms with Crippen LogP contribution in [0.1, 0.15) is 27.7 Å². The van der Waals surface area contributed by atoms with Gasteiger partial charge in [0.05, 0.1) is 0 Å². The minimum Gasteiger partial charge on any atom is -0.307 e. The van der Waals surface area contributed by atoms with Gasteiger partial charge >= 0.3 is 0 Å². The molecule has 0 aliphatic rings. The Morgan fingerprint density at radius 3 is 1.65 bits per heavy atom. The number of halogens is 1. The predicted octanol–water partition coefficient (Wildman–Crippen LogP) is 5.83. The van der Waals surface area contributed by atoms with Gasteiger partial charge in [0.25, 0.3) is 0 Å². The second-order valence-electron chi connectivity index (χ2n) is 6.57. The second kappa shape index (κ2) is 7.05. The van der Waals surface area contributed by atoms with Crippen molar-refractivity contribution in [3.8, 4) is 0 Å². The summed E-state index contributed by atoms with van der Waals surface area (Å²) in [7, 11) is -2.94. The lowest BCUT2D eigenvalue weighted by atomic mass is 9.88. The van der Waals surface area contributed by atoms with Crippen molar-refractivity contribution < 1.29 is 4.57 Å². The molecule has 0 fully saturated rings. The van der Waals surface area contributed by atoms with Crippen LogP contribution in [0.2, 0.25) is 0 Å². The first-order valence-electron chi connectivity index (χ1n) is 7.61. The summed E-state index contributed by atoms with van der Waals surface area (Å²) in [6.45, 7) is 8.42. The zero-order valence-electron chi connectivity index (χ0n) is 14.0. The molecule has 23 heavy (non-hydrogen) atoms. The highest BCUT2D eigenvalue weighted by Gasteiger charge is 2.31. The van der Waals surface area contributed by atoms with Crippen LogP contribution in [0.25, 0.3) is 0 Å². The lowest BCUT2D eigenvalue weighted by molar-refractivity contribution is 0.505. The zero-order valence-corrected chi connectivity index (χ0v) is 16.5. The Morgan fingerprint density at radius 2 is 1.30 bits per heavy atom. The number of hydrogen-bond donors (Lipinski definition) is 0. The fourth-order valence-electron chi connectivity index (χ4n) is 2.07. The molecule has 0 spiro atoms. The molecule has 0 aliphatic heterocycles. The normalized spacial score (nSPS) is 11.7. The molecule has 0 unspecified atom stereocenters. The molecule has 0 aliphatic carbocycles. The Hall–Kier alpha value is -1.33. The van der Waals surface area contributed by atoms with E-state index < -0.39 is 7.14 Å². The van der Waals surface area contributed by atoms with Gasteiger partial charge in [0.2, 0.25) is 0 Å². The molecule has 0 saturated heterocycles. The van der Waals surface area contributed by atoms with Crippen molar-refractivity contribution in [2.75, 3.05) is 0 Å². The molecule has 1 nitrogen and oxygen atoms in total. The molecule has 2 rings (SSSR count). The molecule has 120 valence electrons. The summed E-state index contributed by atoms with van der Waals surface area (Å²) < 4.78 is 14.6. The molecule has 0 atom stereocenters. The number of rotatable bonds is 3. The smallest absolute Gasteiger partial charge is 0.185 e. The fraction of sp³-hybridized carbons (Fsp3) is 0.250. The average molecular weight is 389 g/mol.